The molecular weight excluding hydrogens is 322 g/mol. The van der Waals surface area contributed by atoms with Gasteiger partial charge in [-0.25, -0.2) is 0 Å². The van der Waals surface area contributed by atoms with Crippen LogP contribution in [0, 0.1) is 0 Å². The third-order valence-corrected chi connectivity index (χ3v) is 4.29. The van der Waals surface area contributed by atoms with Gasteiger partial charge in [0.25, 0.3) is 5.91 Å². The molecule has 0 aliphatic carbocycles. The first kappa shape index (κ1) is 16.8. The lowest BCUT2D eigenvalue weighted by Crippen LogP contribution is -2.47. The van der Waals surface area contributed by atoms with Gasteiger partial charge in [-0.1, -0.05) is 17.7 Å². The summed E-state index contributed by atoms with van der Waals surface area (Å²) in [6.45, 7) is 3.50. The molecule has 0 bridgehead atoms. The molecule has 118 valence electrons. The number of hydrogen-bond acceptors (Lipinski definition) is 4. The van der Waals surface area contributed by atoms with E-state index in [9.17, 15) is 9.90 Å². The zero-order valence-electron chi connectivity index (χ0n) is 12.4. The van der Waals surface area contributed by atoms with E-state index in [4.69, 9.17) is 16.3 Å². The fraction of sp³-hybridized carbons (Fsp3) is 0.312. The predicted molar refractivity (Wildman–Crippen MR) is 88.4 cm³/mol. The highest BCUT2D eigenvalue weighted by atomic mass is 35.5. The molecule has 1 amide bonds. The van der Waals surface area contributed by atoms with Gasteiger partial charge in [0, 0.05) is 16.4 Å². The third-order valence-electron chi connectivity index (χ3n) is 3.06. The minimum atomic E-state index is -1.05. The number of rotatable bonds is 6. The summed E-state index contributed by atoms with van der Waals surface area (Å²) in [5, 5.41) is 15.2. The minimum Gasteiger partial charge on any atom is -0.478 e. The maximum Gasteiger partial charge on any atom is 0.263 e. The zero-order valence-corrected chi connectivity index (χ0v) is 13.9. The Labute approximate surface area is 138 Å². The molecular formula is C16H18ClNO3S. The lowest BCUT2D eigenvalue weighted by molar-refractivity contribution is -0.134. The predicted octanol–water partition coefficient (Wildman–Crippen LogP) is 3.41. The number of carbonyl (C=O) groups is 1. The number of halogens is 1. The fourth-order valence-electron chi connectivity index (χ4n) is 1.83. The number of aliphatic hydroxyl groups is 1. The summed E-state index contributed by atoms with van der Waals surface area (Å²) in [7, 11) is 0. The highest BCUT2D eigenvalue weighted by molar-refractivity contribution is 7.10. The van der Waals surface area contributed by atoms with E-state index in [-0.39, 0.29) is 12.5 Å². The smallest absolute Gasteiger partial charge is 0.263 e. The van der Waals surface area contributed by atoms with Crippen LogP contribution in [0.2, 0.25) is 5.02 Å². The standard InChI is InChI=1S/C16H18ClNO3S/c1-16(2,21-12-7-5-11(17)6-8-12)15(20)18-10-13(19)14-4-3-9-22-14/h3-9,13,19H,10H2,1-2H3,(H,18,20). The molecule has 0 saturated carbocycles. The number of aliphatic hydroxyl groups excluding tert-OH is 1. The molecule has 2 rings (SSSR count). The zero-order chi connectivity index (χ0) is 16.2. The Hall–Kier alpha value is -1.56. The molecule has 0 fully saturated rings. The van der Waals surface area contributed by atoms with E-state index in [1.165, 1.54) is 11.3 Å². The molecule has 1 aromatic heterocycles. The molecule has 0 radical (unpaired) electrons. The average molecular weight is 340 g/mol. The highest BCUT2D eigenvalue weighted by Crippen LogP contribution is 2.22. The SMILES string of the molecule is CC(C)(Oc1ccc(Cl)cc1)C(=O)NCC(O)c1cccs1. The topological polar surface area (TPSA) is 58.6 Å². The first-order valence-corrected chi connectivity index (χ1v) is 8.08. The molecule has 1 aromatic carbocycles. The lowest BCUT2D eigenvalue weighted by Gasteiger charge is -2.26. The molecule has 6 heteroatoms. The van der Waals surface area contributed by atoms with Crippen molar-refractivity contribution < 1.29 is 14.6 Å². The Morgan fingerprint density at radius 3 is 2.64 bits per heavy atom. The maximum absolute atomic E-state index is 12.2. The van der Waals surface area contributed by atoms with Crippen molar-refractivity contribution in [2.75, 3.05) is 6.54 Å². The summed E-state index contributed by atoms with van der Waals surface area (Å²) in [5.41, 5.74) is -1.05. The summed E-state index contributed by atoms with van der Waals surface area (Å²) in [4.78, 5) is 13.1. The Balaban J connectivity index is 1.91. The second-order valence-corrected chi connectivity index (χ2v) is 6.72. The van der Waals surface area contributed by atoms with E-state index >= 15 is 0 Å². The highest BCUT2D eigenvalue weighted by Gasteiger charge is 2.30. The number of carbonyl (C=O) groups excluding carboxylic acids is 1. The first-order chi connectivity index (χ1) is 10.4. The van der Waals surface area contributed by atoms with Crippen molar-refractivity contribution in [2.24, 2.45) is 0 Å². The van der Waals surface area contributed by atoms with E-state index in [1.54, 1.807) is 38.1 Å². The molecule has 1 heterocycles. The van der Waals surface area contributed by atoms with Gasteiger partial charge >= 0.3 is 0 Å². The van der Waals surface area contributed by atoms with Crippen molar-refractivity contribution in [3.8, 4) is 5.75 Å². The van der Waals surface area contributed by atoms with Crippen molar-refractivity contribution in [3.63, 3.8) is 0 Å². The number of thiophene rings is 1. The molecule has 0 saturated heterocycles. The molecule has 0 aliphatic heterocycles. The second-order valence-electron chi connectivity index (χ2n) is 5.31. The largest absolute Gasteiger partial charge is 0.478 e. The Morgan fingerprint density at radius 2 is 2.05 bits per heavy atom. The fourth-order valence-corrected chi connectivity index (χ4v) is 2.67. The van der Waals surface area contributed by atoms with Crippen molar-refractivity contribution in [3.05, 3.63) is 51.7 Å². The summed E-state index contributed by atoms with van der Waals surface area (Å²) in [6.07, 6.45) is -0.713. The molecule has 2 aromatic rings. The van der Waals surface area contributed by atoms with Crippen molar-refractivity contribution >= 4 is 28.8 Å². The van der Waals surface area contributed by atoms with Gasteiger partial charge in [-0.05, 0) is 49.6 Å². The van der Waals surface area contributed by atoms with Gasteiger partial charge in [-0.3, -0.25) is 4.79 Å². The van der Waals surface area contributed by atoms with Crippen LogP contribution in [0.15, 0.2) is 41.8 Å². The van der Waals surface area contributed by atoms with Crippen LogP contribution in [-0.2, 0) is 4.79 Å². The number of hydrogen-bond donors (Lipinski definition) is 2. The average Bonchev–Trinajstić information content (AvgIpc) is 3.01. The summed E-state index contributed by atoms with van der Waals surface area (Å²) >= 11 is 7.27. The van der Waals surface area contributed by atoms with Crippen molar-refractivity contribution in [1.82, 2.24) is 5.32 Å². The van der Waals surface area contributed by atoms with Gasteiger partial charge in [-0.15, -0.1) is 11.3 Å². The first-order valence-electron chi connectivity index (χ1n) is 6.83. The number of amides is 1. The van der Waals surface area contributed by atoms with Crippen LogP contribution in [0.1, 0.15) is 24.8 Å². The van der Waals surface area contributed by atoms with Crippen LogP contribution >= 0.6 is 22.9 Å². The van der Waals surface area contributed by atoms with Crippen LogP contribution in [0.25, 0.3) is 0 Å². The van der Waals surface area contributed by atoms with Gasteiger partial charge in [-0.2, -0.15) is 0 Å². The van der Waals surface area contributed by atoms with E-state index in [2.05, 4.69) is 5.32 Å². The molecule has 0 spiro atoms. The van der Waals surface area contributed by atoms with Crippen LogP contribution in [-0.4, -0.2) is 23.2 Å². The van der Waals surface area contributed by atoms with Gasteiger partial charge < -0.3 is 15.2 Å². The monoisotopic (exact) mass is 339 g/mol. The maximum atomic E-state index is 12.2. The van der Waals surface area contributed by atoms with Crippen LogP contribution in [0.3, 0.4) is 0 Å². The second kappa shape index (κ2) is 7.13. The Bertz CT molecular complexity index is 611. The van der Waals surface area contributed by atoms with Crippen LogP contribution in [0.4, 0.5) is 0 Å². The third kappa shape index (κ3) is 4.47. The normalized spacial score (nSPS) is 12.7. The van der Waals surface area contributed by atoms with E-state index in [0.29, 0.717) is 10.8 Å². The number of benzene rings is 1. The van der Waals surface area contributed by atoms with E-state index in [0.717, 1.165) is 4.88 Å². The van der Waals surface area contributed by atoms with Gasteiger partial charge in [0.2, 0.25) is 0 Å². The summed E-state index contributed by atoms with van der Waals surface area (Å²) in [6, 6.07) is 10.5. The van der Waals surface area contributed by atoms with Crippen LogP contribution < -0.4 is 10.1 Å². The Kier molecular flexibility index (Phi) is 5.45. The van der Waals surface area contributed by atoms with Crippen molar-refractivity contribution in [2.45, 2.75) is 25.6 Å². The number of nitrogens with one attached hydrogen (secondary N) is 1. The quantitative estimate of drug-likeness (QED) is 0.848. The van der Waals surface area contributed by atoms with Gasteiger partial charge in [0.05, 0.1) is 0 Å². The minimum absolute atomic E-state index is 0.146. The molecule has 1 atom stereocenters. The summed E-state index contributed by atoms with van der Waals surface area (Å²) in [5.74, 6) is 0.265. The van der Waals surface area contributed by atoms with Gasteiger partial charge in [0.1, 0.15) is 11.9 Å². The molecule has 2 N–H and O–H groups in total. The molecule has 1 unspecified atom stereocenters. The molecule has 0 aliphatic rings. The van der Waals surface area contributed by atoms with Crippen molar-refractivity contribution in [1.29, 1.82) is 0 Å². The lowest BCUT2D eigenvalue weighted by atomic mass is 10.1. The van der Waals surface area contributed by atoms with E-state index in [1.807, 2.05) is 17.5 Å². The van der Waals surface area contributed by atoms with E-state index < -0.39 is 11.7 Å². The van der Waals surface area contributed by atoms with Gasteiger partial charge in [0.15, 0.2) is 5.60 Å². The molecule has 22 heavy (non-hydrogen) atoms. The number of ether oxygens (including phenoxy) is 1. The van der Waals surface area contributed by atoms with Crippen LogP contribution in [0.5, 0.6) is 5.75 Å². The molecule has 4 nitrogen and oxygen atoms in total. The Morgan fingerprint density at radius 1 is 1.36 bits per heavy atom. The summed E-state index contributed by atoms with van der Waals surface area (Å²) < 4.78 is 5.69.